The summed E-state index contributed by atoms with van der Waals surface area (Å²) in [7, 11) is 0. The van der Waals surface area contributed by atoms with Gasteiger partial charge in [-0.2, -0.15) is 5.10 Å². The maximum absolute atomic E-state index is 14.6. The second-order valence-electron chi connectivity index (χ2n) is 6.79. The van der Waals surface area contributed by atoms with Crippen molar-refractivity contribution in [2.24, 2.45) is 0 Å². The van der Waals surface area contributed by atoms with Gasteiger partial charge in [-0.15, -0.1) is 0 Å². The molecule has 3 rings (SSSR count). The third-order valence-corrected chi connectivity index (χ3v) is 3.99. The fourth-order valence-corrected chi connectivity index (χ4v) is 2.63. The van der Waals surface area contributed by atoms with E-state index in [-0.39, 0.29) is 23.0 Å². The summed E-state index contributed by atoms with van der Waals surface area (Å²) >= 11 is 0. The number of nitrogens with one attached hydrogen (secondary N) is 2. The molecule has 1 aromatic carbocycles. The summed E-state index contributed by atoms with van der Waals surface area (Å²) in [6.07, 6.45) is 3.81. The first-order valence-corrected chi connectivity index (χ1v) is 7.74. The Morgan fingerprint density at radius 3 is 2.87 bits per heavy atom. The van der Waals surface area contributed by atoms with Crippen molar-refractivity contribution in [3.05, 3.63) is 47.0 Å². The van der Waals surface area contributed by atoms with Crippen LogP contribution >= 0.6 is 0 Å². The van der Waals surface area contributed by atoms with Crippen LogP contribution in [0.2, 0.25) is 0 Å². The van der Waals surface area contributed by atoms with E-state index in [1.54, 1.807) is 16.9 Å². The van der Waals surface area contributed by atoms with Crippen molar-refractivity contribution < 1.29 is 9.18 Å². The zero-order valence-electron chi connectivity index (χ0n) is 13.6. The normalized spacial score (nSPS) is 14.4. The van der Waals surface area contributed by atoms with Crippen LogP contribution in [0.15, 0.2) is 24.5 Å². The van der Waals surface area contributed by atoms with Crippen molar-refractivity contribution in [3.63, 3.8) is 0 Å². The van der Waals surface area contributed by atoms with E-state index in [1.165, 1.54) is 6.20 Å². The topological polar surface area (TPSA) is 59.0 Å². The molecular formula is C17H21FN4O. The van der Waals surface area contributed by atoms with Crippen LogP contribution in [0.1, 0.15) is 42.3 Å². The molecule has 2 N–H and O–H groups in total. The van der Waals surface area contributed by atoms with Gasteiger partial charge < -0.3 is 10.6 Å². The van der Waals surface area contributed by atoms with Gasteiger partial charge in [0, 0.05) is 12.7 Å². The van der Waals surface area contributed by atoms with Crippen LogP contribution in [-0.2, 0) is 18.5 Å². The van der Waals surface area contributed by atoms with Crippen LogP contribution < -0.4 is 10.6 Å². The minimum Gasteiger partial charge on any atom is -0.319 e. The maximum Gasteiger partial charge on any atom is 0.258 e. The Bertz CT molecular complexity index is 746. The van der Waals surface area contributed by atoms with Gasteiger partial charge in [0.1, 0.15) is 5.82 Å². The standard InChI is InChI=1S/C17H21FN4O/c1-17(2,3)22-10-12(9-20-22)16(23)21-14-5-4-11-8-19-7-6-13(11)15(14)18/h4-5,9-10,19H,6-8H2,1-3H3,(H,21,23). The van der Waals surface area contributed by atoms with Crippen LogP contribution in [-0.4, -0.2) is 22.2 Å². The predicted octanol–water partition coefficient (Wildman–Crippen LogP) is 2.68. The molecule has 0 saturated carbocycles. The van der Waals surface area contributed by atoms with Crippen molar-refractivity contribution in [2.45, 2.75) is 39.3 Å². The number of benzene rings is 1. The Labute approximate surface area is 134 Å². The van der Waals surface area contributed by atoms with Crippen LogP contribution in [0.5, 0.6) is 0 Å². The quantitative estimate of drug-likeness (QED) is 0.895. The average molecular weight is 316 g/mol. The van der Waals surface area contributed by atoms with Gasteiger partial charge in [-0.3, -0.25) is 9.48 Å². The van der Waals surface area contributed by atoms with E-state index in [4.69, 9.17) is 0 Å². The fourth-order valence-electron chi connectivity index (χ4n) is 2.63. The highest BCUT2D eigenvalue weighted by molar-refractivity contribution is 6.04. The van der Waals surface area contributed by atoms with Crippen LogP contribution in [0.25, 0.3) is 0 Å². The van der Waals surface area contributed by atoms with E-state index >= 15 is 0 Å². The lowest BCUT2D eigenvalue weighted by molar-refractivity contribution is 0.102. The molecule has 2 aromatic rings. The molecule has 0 bridgehead atoms. The first-order chi connectivity index (χ1) is 10.9. The fraction of sp³-hybridized carbons (Fsp3) is 0.412. The molecule has 0 radical (unpaired) electrons. The zero-order valence-corrected chi connectivity index (χ0v) is 13.6. The van der Waals surface area contributed by atoms with Crippen LogP contribution in [0.4, 0.5) is 10.1 Å². The Balaban J connectivity index is 1.82. The second-order valence-corrected chi connectivity index (χ2v) is 6.79. The molecule has 0 unspecified atom stereocenters. The minimum atomic E-state index is -0.353. The van der Waals surface area contributed by atoms with E-state index in [0.29, 0.717) is 24.1 Å². The molecule has 0 saturated heterocycles. The first kappa shape index (κ1) is 15.7. The molecule has 6 heteroatoms. The summed E-state index contributed by atoms with van der Waals surface area (Å²) in [5.41, 5.74) is 2.07. The van der Waals surface area contributed by atoms with Crippen molar-refractivity contribution in [3.8, 4) is 0 Å². The highest BCUT2D eigenvalue weighted by Crippen LogP contribution is 2.25. The number of rotatable bonds is 2. The van der Waals surface area contributed by atoms with Gasteiger partial charge >= 0.3 is 0 Å². The van der Waals surface area contributed by atoms with E-state index in [0.717, 1.165) is 12.1 Å². The molecule has 1 aromatic heterocycles. The van der Waals surface area contributed by atoms with E-state index < -0.39 is 0 Å². The number of carbonyl (C=O) groups excluding carboxylic acids is 1. The van der Waals surface area contributed by atoms with Crippen LogP contribution in [0.3, 0.4) is 0 Å². The summed E-state index contributed by atoms with van der Waals surface area (Å²) in [4.78, 5) is 12.3. The number of hydrogen-bond donors (Lipinski definition) is 2. The van der Waals surface area contributed by atoms with Crippen molar-refractivity contribution in [1.29, 1.82) is 0 Å². The number of aromatic nitrogens is 2. The van der Waals surface area contributed by atoms with Gasteiger partial charge in [0.25, 0.3) is 5.91 Å². The highest BCUT2D eigenvalue weighted by Gasteiger charge is 2.20. The van der Waals surface area contributed by atoms with Crippen molar-refractivity contribution in [1.82, 2.24) is 15.1 Å². The minimum absolute atomic E-state index is 0.206. The lowest BCUT2D eigenvalue weighted by atomic mass is 9.99. The average Bonchev–Trinajstić information content (AvgIpc) is 3.00. The number of halogens is 1. The Morgan fingerprint density at radius 2 is 2.17 bits per heavy atom. The zero-order chi connectivity index (χ0) is 16.6. The molecule has 0 spiro atoms. The van der Waals surface area contributed by atoms with E-state index in [9.17, 15) is 9.18 Å². The summed E-state index contributed by atoms with van der Waals surface area (Å²) in [6.45, 7) is 7.41. The number of nitrogens with zero attached hydrogens (tertiary/aromatic N) is 2. The van der Waals surface area contributed by atoms with Gasteiger partial charge in [-0.25, -0.2) is 4.39 Å². The van der Waals surface area contributed by atoms with Gasteiger partial charge in [-0.1, -0.05) is 6.07 Å². The molecule has 122 valence electrons. The molecule has 0 atom stereocenters. The monoisotopic (exact) mass is 316 g/mol. The number of carbonyl (C=O) groups is 1. The Morgan fingerprint density at radius 1 is 1.39 bits per heavy atom. The third-order valence-electron chi connectivity index (χ3n) is 3.99. The van der Waals surface area contributed by atoms with Gasteiger partial charge in [-0.05, 0) is 50.9 Å². The molecule has 23 heavy (non-hydrogen) atoms. The predicted molar refractivity (Wildman–Crippen MR) is 87.0 cm³/mol. The third kappa shape index (κ3) is 3.12. The molecule has 0 aliphatic carbocycles. The van der Waals surface area contributed by atoms with Crippen molar-refractivity contribution >= 4 is 11.6 Å². The Hall–Kier alpha value is -2.21. The number of amides is 1. The number of anilines is 1. The van der Waals surface area contributed by atoms with Crippen molar-refractivity contribution in [2.75, 3.05) is 11.9 Å². The Kier molecular flexibility index (Phi) is 3.93. The van der Waals surface area contributed by atoms with E-state index in [2.05, 4.69) is 15.7 Å². The smallest absolute Gasteiger partial charge is 0.258 e. The molecule has 2 heterocycles. The lowest BCUT2D eigenvalue weighted by Gasteiger charge is -2.19. The number of fused-ring (bicyclic) bond motifs is 1. The highest BCUT2D eigenvalue weighted by atomic mass is 19.1. The van der Waals surface area contributed by atoms with Gasteiger partial charge in [0.05, 0.1) is 23.0 Å². The van der Waals surface area contributed by atoms with Crippen LogP contribution in [0, 0.1) is 5.82 Å². The maximum atomic E-state index is 14.6. The molecule has 1 aliphatic heterocycles. The molecule has 5 nitrogen and oxygen atoms in total. The molecular weight excluding hydrogens is 295 g/mol. The second kappa shape index (κ2) is 5.77. The largest absolute Gasteiger partial charge is 0.319 e. The number of hydrogen-bond acceptors (Lipinski definition) is 3. The van der Waals surface area contributed by atoms with Gasteiger partial charge in [0.15, 0.2) is 0 Å². The summed E-state index contributed by atoms with van der Waals surface area (Å²) in [5.74, 6) is -0.686. The first-order valence-electron chi connectivity index (χ1n) is 7.74. The summed E-state index contributed by atoms with van der Waals surface area (Å²) in [5, 5.41) is 10.1. The molecule has 1 aliphatic rings. The molecule has 0 fully saturated rings. The lowest BCUT2D eigenvalue weighted by Crippen LogP contribution is -2.25. The van der Waals surface area contributed by atoms with E-state index in [1.807, 2.05) is 26.8 Å². The molecule has 1 amide bonds. The van der Waals surface area contributed by atoms with Gasteiger partial charge in [0.2, 0.25) is 0 Å². The summed E-state index contributed by atoms with van der Waals surface area (Å²) < 4.78 is 16.3. The summed E-state index contributed by atoms with van der Waals surface area (Å²) in [6, 6.07) is 3.48. The SMILES string of the molecule is CC(C)(C)n1cc(C(=O)Nc2ccc3c(c2F)CCNC3)cn1.